The van der Waals surface area contributed by atoms with E-state index >= 15 is 0 Å². The second kappa shape index (κ2) is 8.59. The van der Waals surface area contributed by atoms with Crippen LogP contribution in [-0.4, -0.2) is 42.1 Å². The van der Waals surface area contributed by atoms with Crippen LogP contribution in [0.2, 0.25) is 0 Å². The highest BCUT2D eigenvalue weighted by Crippen LogP contribution is 2.34. The van der Waals surface area contributed by atoms with E-state index in [1.54, 1.807) is 23.1 Å². The number of para-hydroxylation sites is 1. The number of nitrogens with zero attached hydrogens (tertiary/aromatic N) is 3. The summed E-state index contributed by atoms with van der Waals surface area (Å²) < 4.78 is 0.980. The van der Waals surface area contributed by atoms with Gasteiger partial charge in [-0.05, 0) is 67.8 Å². The van der Waals surface area contributed by atoms with Gasteiger partial charge < -0.3 is 14.9 Å². The Balaban J connectivity index is 1.72. The molecule has 1 fully saturated rings. The molecule has 0 atom stereocenters. The lowest BCUT2D eigenvalue weighted by molar-refractivity contribution is -0.126. The van der Waals surface area contributed by atoms with Crippen molar-refractivity contribution in [2.75, 3.05) is 31.1 Å². The molecule has 0 radical (unpaired) electrons. The Kier molecular flexibility index (Phi) is 6.19. The Hall–Kier alpha value is -2.30. The number of piperazine rings is 1. The number of phenolic OH excluding ortho intramolecular Hbond substituents is 1. The van der Waals surface area contributed by atoms with Gasteiger partial charge in [-0.25, -0.2) is 0 Å². The summed E-state index contributed by atoms with van der Waals surface area (Å²) >= 11 is 6.52. The summed E-state index contributed by atoms with van der Waals surface area (Å²) in [5, 5.41) is 19.3. The molecule has 2 aromatic carbocycles. The number of aromatic hydroxyl groups is 1. The van der Waals surface area contributed by atoms with Crippen molar-refractivity contribution in [1.29, 1.82) is 5.26 Å². The predicted molar refractivity (Wildman–Crippen MR) is 112 cm³/mol. The maximum atomic E-state index is 12.8. The minimum Gasteiger partial charge on any atom is -0.506 e. The predicted octanol–water partition coefficient (Wildman–Crippen LogP) is 4.17. The SMILES string of the molecule is N#C/C(=C/c1cc(Br)c(O)c(Br)c1)C(=O)N1CCN(c2ccccc2)CC1. The standard InChI is InChI=1S/C20H17Br2N3O2/c21-17-11-14(12-18(22)19(17)26)10-15(13-23)20(27)25-8-6-24(7-9-25)16-4-2-1-3-5-16/h1-5,10-12,26H,6-9H2/b15-10-. The van der Waals surface area contributed by atoms with E-state index in [2.05, 4.69) is 48.9 Å². The lowest BCUT2D eigenvalue weighted by Crippen LogP contribution is -2.49. The summed E-state index contributed by atoms with van der Waals surface area (Å²) in [6, 6.07) is 15.4. The molecule has 1 saturated heterocycles. The Morgan fingerprint density at radius 1 is 1.07 bits per heavy atom. The molecule has 138 valence electrons. The van der Waals surface area contributed by atoms with Gasteiger partial charge in [-0.15, -0.1) is 0 Å². The van der Waals surface area contributed by atoms with Crippen molar-refractivity contribution in [3.05, 3.63) is 62.5 Å². The van der Waals surface area contributed by atoms with E-state index in [9.17, 15) is 15.2 Å². The van der Waals surface area contributed by atoms with Gasteiger partial charge in [0, 0.05) is 31.9 Å². The molecule has 1 N–H and O–H groups in total. The minimum absolute atomic E-state index is 0.0765. The van der Waals surface area contributed by atoms with E-state index < -0.39 is 0 Å². The highest BCUT2D eigenvalue weighted by Gasteiger charge is 2.24. The third-order valence-corrected chi connectivity index (χ3v) is 5.60. The minimum atomic E-state index is -0.273. The van der Waals surface area contributed by atoms with Gasteiger partial charge >= 0.3 is 0 Å². The van der Waals surface area contributed by atoms with Crippen molar-refractivity contribution in [2.45, 2.75) is 0 Å². The average Bonchev–Trinajstić information content (AvgIpc) is 2.70. The number of halogens is 2. The highest BCUT2D eigenvalue weighted by atomic mass is 79.9. The Bertz CT molecular complexity index is 892. The molecule has 1 heterocycles. The van der Waals surface area contributed by atoms with Gasteiger partial charge in [0.25, 0.3) is 5.91 Å². The van der Waals surface area contributed by atoms with Gasteiger partial charge in [-0.3, -0.25) is 4.79 Å². The second-order valence-corrected chi connectivity index (χ2v) is 7.83. The number of rotatable bonds is 3. The van der Waals surface area contributed by atoms with E-state index in [1.807, 2.05) is 24.3 Å². The summed E-state index contributed by atoms with van der Waals surface area (Å²) in [5.41, 5.74) is 1.87. The molecule has 0 spiro atoms. The van der Waals surface area contributed by atoms with Gasteiger partial charge in [0.2, 0.25) is 0 Å². The summed E-state index contributed by atoms with van der Waals surface area (Å²) in [6.07, 6.45) is 1.54. The maximum absolute atomic E-state index is 12.8. The van der Waals surface area contributed by atoms with Gasteiger partial charge in [-0.2, -0.15) is 5.26 Å². The fourth-order valence-electron chi connectivity index (χ4n) is 2.95. The Morgan fingerprint density at radius 3 is 2.22 bits per heavy atom. The number of carbonyl (C=O) groups excluding carboxylic acids is 1. The van der Waals surface area contributed by atoms with Crippen LogP contribution in [0.1, 0.15) is 5.56 Å². The number of anilines is 1. The second-order valence-electron chi connectivity index (χ2n) is 6.12. The van der Waals surface area contributed by atoms with E-state index in [0.717, 1.165) is 18.8 Å². The normalized spacial score (nSPS) is 14.8. The van der Waals surface area contributed by atoms with Crippen LogP contribution in [-0.2, 0) is 4.79 Å². The highest BCUT2D eigenvalue weighted by molar-refractivity contribution is 9.11. The molecule has 1 aliphatic rings. The van der Waals surface area contributed by atoms with Crippen molar-refractivity contribution in [3.63, 3.8) is 0 Å². The molecule has 3 rings (SSSR count). The Morgan fingerprint density at radius 2 is 1.67 bits per heavy atom. The molecule has 27 heavy (non-hydrogen) atoms. The molecule has 1 aliphatic heterocycles. The van der Waals surface area contributed by atoms with Crippen LogP contribution in [0.25, 0.3) is 6.08 Å². The molecule has 0 aliphatic carbocycles. The molecule has 0 aromatic heterocycles. The smallest absolute Gasteiger partial charge is 0.264 e. The summed E-state index contributed by atoms with van der Waals surface area (Å²) in [4.78, 5) is 16.7. The van der Waals surface area contributed by atoms with Gasteiger partial charge in [-0.1, -0.05) is 18.2 Å². The zero-order chi connectivity index (χ0) is 19.4. The fourth-order valence-corrected chi connectivity index (χ4v) is 4.18. The molecule has 0 saturated carbocycles. The number of phenols is 1. The Labute approximate surface area is 174 Å². The summed E-state index contributed by atoms with van der Waals surface area (Å²) in [6.45, 7) is 2.58. The molecule has 7 heteroatoms. The average molecular weight is 491 g/mol. The zero-order valence-corrected chi connectivity index (χ0v) is 17.6. The lowest BCUT2D eigenvalue weighted by atomic mass is 10.1. The zero-order valence-electron chi connectivity index (χ0n) is 14.4. The third-order valence-electron chi connectivity index (χ3n) is 4.39. The number of nitriles is 1. The van der Waals surface area contributed by atoms with Crippen LogP contribution in [0.5, 0.6) is 5.75 Å². The number of amides is 1. The number of carbonyl (C=O) groups is 1. The molecule has 1 amide bonds. The number of benzene rings is 2. The van der Waals surface area contributed by atoms with Crippen LogP contribution >= 0.6 is 31.9 Å². The fraction of sp³-hybridized carbons (Fsp3) is 0.200. The van der Waals surface area contributed by atoms with Gasteiger partial charge in [0.15, 0.2) is 0 Å². The first-order valence-electron chi connectivity index (χ1n) is 8.38. The van der Waals surface area contributed by atoms with Crippen LogP contribution in [0.3, 0.4) is 0 Å². The van der Waals surface area contributed by atoms with Crippen LogP contribution in [0.15, 0.2) is 57.0 Å². The van der Waals surface area contributed by atoms with Crippen molar-refractivity contribution in [2.24, 2.45) is 0 Å². The van der Waals surface area contributed by atoms with Crippen LogP contribution < -0.4 is 4.90 Å². The lowest BCUT2D eigenvalue weighted by Gasteiger charge is -2.36. The van der Waals surface area contributed by atoms with Crippen molar-refractivity contribution >= 4 is 49.5 Å². The topological polar surface area (TPSA) is 67.6 Å². The third kappa shape index (κ3) is 4.52. The molecule has 0 unspecified atom stereocenters. The largest absolute Gasteiger partial charge is 0.506 e. The molecule has 2 aromatic rings. The number of hydrogen-bond donors (Lipinski definition) is 1. The van der Waals surface area contributed by atoms with Crippen molar-refractivity contribution in [3.8, 4) is 11.8 Å². The molecule has 5 nitrogen and oxygen atoms in total. The van der Waals surface area contributed by atoms with E-state index in [-0.39, 0.29) is 17.2 Å². The quantitative estimate of drug-likeness (QED) is 0.517. The monoisotopic (exact) mass is 489 g/mol. The van der Waals surface area contributed by atoms with Gasteiger partial charge in [0.05, 0.1) is 8.95 Å². The van der Waals surface area contributed by atoms with E-state index in [4.69, 9.17) is 0 Å². The van der Waals surface area contributed by atoms with E-state index in [0.29, 0.717) is 27.6 Å². The molecular formula is C20H17Br2N3O2. The van der Waals surface area contributed by atoms with Crippen molar-refractivity contribution in [1.82, 2.24) is 4.90 Å². The van der Waals surface area contributed by atoms with E-state index in [1.165, 1.54) is 0 Å². The first kappa shape index (κ1) is 19.5. The van der Waals surface area contributed by atoms with Gasteiger partial charge in [0.1, 0.15) is 17.4 Å². The first-order valence-corrected chi connectivity index (χ1v) is 9.97. The summed E-state index contributed by atoms with van der Waals surface area (Å²) in [7, 11) is 0. The van der Waals surface area contributed by atoms with Crippen LogP contribution in [0, 0.1) is 11.3 Å². The van der Waals surface area contributed by atoms with Crippen molar-refractivity contribution < 1.29 is 9.90 Å². The van der Waals surface area contributed by atoms with Crippen LogP contribution in [0.4, 0.5) is 5.69 Å². The molecule has 0 bridgehead atoms. The molecular weight excluding hydrogens is 474 g/mol. The number of hydrogen-bond acceptors (Lipinski definition) is 4. The first-order chi connectivity index (χ1) is 13.0. The maximum Gasteiger partial charge on any atom is 0.264 e. The summed E-state index contributed by atoms with van der Waals surface area (Å²) in [5.74, 6) is -0.195.